The van der Waals surface area contributed by atoms with Crippen molar-refractivity contribution in [2.45, 2.75) is 20.3 Å². The van der Waals surface area contributed by atoms with Crippen molar-refractivity contribution in [1.29, 1.82) is 0 Å². The lowest BCUT2D eigenvalue weighted by molar-refractivity contribution is 0.0693. The van der Waals surface area contributed by atoms with Gasteiger partial charge in [0, 0.05) is 17.1 Å². The second kappa shape index (κ2) is 4.49. The van der Waals surface area contributed by atoms with E-state index in [0.717, 1.165) is 16.7 Å². The topological polar surface area (TPSA) is 54.6 Å². The molecule has 0 saturated carbocycles. The number of hydrogen-bond acceptors (Lipinski definition) is 2. The van der Waals surface area contributed by atoms with Crippen LogP contribution in [0.1, 0.15) is 30.2 Å². The minimum absolute atomic E-state index is 0.119. The van der Waals surface area contributed by atoms with Gasteiger partial charge >= 0.3 is 5.97 Å². The minimum Gasteiger partial charge on any atom is -0.476 e. The number of imidazole rings is 1. The van der Waals surface area contributed by atoms with Gasteiger partial charge in [0.15, 0.2) is 5.69 Å². The Bertz CT molecular complexity index is 575. The average Bonchev–Trinajstić information content (AvgIpc) is 2.56. The number of nitrogens with zero attached hydrogens (tertiary/aromatic N) is 2. The largest absolute Gasteiger partial charge is 0.476 e. The number of aromatic carboxylic acids is 1. The molecule has 0 atom stereocenters. The summed E-state index contributed by atoms with van der Waals surface area (Å²) in [6.07, 6.45) is 2.61. The molecule has 0 radical (unpaired) electrons. The Morgan fingerprint density at radius 1 is 1.53 bits per heavy atom. The van der Waals surface area contributed by atoms with Crippen molar-refractivity contribution in [2.75, 3.05) is 0 Å². The lowest BCUT2D eigenvalue weighted by atomic mass is 10.1. The van der Waals surface area contributed by atoms with Gasteiger partial charge in [-0.1, -0.05) is 13.8 Å². The van der Waals surface area contributed by atoms with E-state index in [0.29, 0.717) is 11.4 Å². The van der Waals surface area contributed by atoms with Crippen molar-refractivity contribution in [3.63, 3.8) is 0 Å². The highest BCUT2D eigenvalue weighted by Crippen LogP contribution is 2.19. The Labute approximate surface area is 107 Å². The fraction of sp³-hybridized carbons (Fsp3) is 0.333. The first-order valence-corrected chi connectivity index (χ1v) is 6.18. The average molecular weight is 297 g/mol. The summed E-state index contributed by atoms with van der Waals surface area (Å²) in [5.41, 5.74) is 0.754. The van der Waals surface area contributed by atoms with Crippen LogP contribution in [0.4, 0.5) is 0 Å². The van der Waals surface area contributed by atoms with Gasteiger partial charge in [0.2, 0.25) is 0 Å². The highest BCUT2D eigenvalue weighted by Gasteiger charge is 2.17. The summed E-state index contributed by atoms with van der Waals surface area (Å²) in [6, 6.07) is 3.59. The molecule has 4 nitrogen and oxygen atoms in total. The molecule has 0 aliphatic heterocycles. The predicted molar refractivity (Wildman–Crippen MR) is 68.4 cm³/mol. The number of carboxylic acid groups (broad SMARTS) is 1. The van der Waals surface area contributed by atoms with Gasteiger partial charge in [0.05, 0.1) is 5.52 Å². The molecule has 90 valence electrons. The molecule has 0 fully saturated rings. The van der Waals surface area contributed by atoms with E-state index in [1.165, 1.54) is 0 Å². The zero-order chi connectivity index (χ0) is 12.6. The van der Waals surface area contributed by atoms with Gasteiger partial charge in [-0.2, -0.15) is 0 Å². The van der Waals surface area contributed by atoms with E-state index in [1.807, 2.05) is 16.7 Å². The minimum atomic E-state index is -0.986. The monoisotopic (exact) mass is 296 g/mol. The van der Waals surface area contributed by atoms with Gasteiger partial charge in [0.1, 0.15) is 5.82 Å². The van der Waals surface area contributed by atoms with E-state index in [2.05, 4.69) is 34.8 Å². The van der Waals surface area contributed by atoms with E-state index >= 15 is 0 Å². The first kappa shape index (κ1) is 12.1. The Hall–Kier alpha value is -1.36. The zero-order valence-corrected chi connectivity index (χ0v) is 11.2. The molecule has 0 unspecified atom stereocenters. The highest BCUT2D eigenvalue weighted by atomic mass is 79.9. The molecule has 2 heterocycles. The maximum absolute atomic E-state index is 11.1. The molecule has 2 aromatic rings. The molecular weight excluding hydrogens is 284 g/mol. The summed E-state index contributed by atoms with van der Waals surface area (Å²) in [4.78, 5) is 15.3. The van der Waals surface area contributed by atoms with Crippen LogP contribution < -0.4 is 0 Å². The number of carbonyl (C=O) groups is 1. The molecule has 0 bridgehead atoms. The first-order valence-electron chi connectivity index (χ1n) is 5.39. The molecule has 0 amide bonds. The molecule has 0 aliphatic carbocycles. The maximum Gasteiger partial charge on any atom is 0.356 e. The number of aromatic nitrogens is 2. The lowest BCUT2D eigenvalue weighted by Gasteiger charge is -2.04. The van der Waals surface area contributed by atoms with Crippen molar-refractivity contribution in [3.8, 4) is 0 Å². The van der Waals surface area contributed by atoms with E-state index < -0.39 is 5.97 Å². The van der Waals surface area contributed by atoms with Crippen LogP contribution in [0.2, 0.25) is 0 Å². The van der Waals surface area contributed by atoms with Crippen LogP contribution in [0.5, 0.6) is 0 Å². The molecule has 0 aromatic carbocycles. The Balaban J connectivity index is 2.66. The molecule has 0 saturated heterocycles. The summed E-state index contributed by atoms with van der Waals surface area (Å²) in [6.45, 7) is 4.17. The number of pyridine rings is 1. The SMILES string of the molecule is CC(C)Cc1nc(C(=O)O)c2ccc(Br)cn12. The lowest BCUT2D eigenvalue weighted by Crippen LogP contribution is -2.00. The quantitative estimate of drug-likeness (QED) is 0.947. The highest BCUT2D eigenvalue weighted by molar-refractivity contribution is 9.10. The van der Waals surface area contributed by atoms with Crippen LogP contribution in [0, 0.1) is 5.92 Å². The first-order chi connectivity index (χ1) is 7.99. The molecular formula is C12H13BrN2O2. The molecule has 2 aromatic heterocycles. The second-order valence-electron chi connectivity index (χ2n) is 4.38. The summed E-state index contributed by atoms with van der Waals surface area (Å²) in [5.74, 6) is 0.231. The van der Waals surface area contributed by atoms with Crippen molar-refractivity contribution in [3.05, 3.63) is 34.3 Å². The predicted octanol–water partition coefficient (Wildman–Crippen LogP) is 2.99. The van der Waals surface area contributed by atoms with E-state index in [4.69, 9.17) is 5.11 Å². The zero-order valence-electron chi connectivity index (χ0n) is 9.64. The van der Waals surface area contributed by atoms with E-state index in [1.54, 1.807) is 6.07 Å². The fourth-order valence-corrected chi connectivity index (χ4v) is 2.12. The third-order valence-electron chi connectivity index (χ3n) is 2.47. The van der Waals surface area contributed by atoms with Gasteiger partial charge in [-0.25, -0.2) is 9.78 Å². The van der Waals surface area contributed by atoms with Gasteiger partial charge in [-0.05, 0) is 34.0 Å². The van der Waals surface area contributed by atoms with Crippen LogP contribution in [-0.2, 0) is 6.42 Å². The summed E-state index contributed by atoms with van der Waals surface area (Å²) < 4.78 is 2.75. The Morgan fingerprint density at radius 2 is 2.24 bits per heavy atom. The van der Waals surface area contributed by atoms with Gasteiger partial charge in [-0.3, -0.25) is 0 Å². The standard InChI is InChI=1S/C12H13BrN2O2/c1-7(2)5-10-14-11(12(16)17)9-4-3-8(13)6-15(9)10/h3-4,6-7H,5H2,1-2H3,(H,16,17). The third-order valence-corrected chi connectivity index (χ3v) is 2.94. The van der Waals surface area contributed by atoms with E-state index in [9.17, 15) is 4.79 Å². The van der Waals surface area contributed by atoms with Crippen molar-refractivity contribution in [2.24, 2.45) is 5.92 Å². The van der Waals surface area contributed by atoms with Crippen molar-refractivity contribution >= 4 is 27.4 Å². The number of hydrogen-bond donors (Lipinski definition) is 1. The number of carboxylic acids is 1. The third kappa shape index (κ3) is 2.34. The van der Waals surface area contributed by atoms with Crippen LogP contribution in [0.25, 0.3) is 5.52 Å². The molecule has 0 aliphatic rings. The normalized spacial score (nSPS) is 11.3. The van der Waals surface area contributed by atoms with Crippen LogP contribution >= 0.6 is 15.9 Å². The number of fused-ring (bicyclic) bond motifs is 1. The van der Waals surface area contributed by atoms with Crippen LogP contribution in [0.15, 0.2) is 22.8 Å². The number of rotatable bonds is 3. The number of halogens is 1. The smallest absolute Gasteiger partial charge is 0.356 e. The molecule has 2 rings (SSSR count). The van der Waals surface area contributed by atoms with Gasteiger partial charge < -0.3 is 9.51 Å². The van der Waals surface area contributed by atoms with Gasteiger partial charge in [0.25, 0.3) is 0 Å². The van der Waals surface area contributed by atoms with Crippen LogP contribution in [0.3, 0.4) is 0 Å². The van der Waals surface area contributed by atoms with Crippen molar-refractivity contribution in [1.82, 2.24) is 9.38 Å². The Morgan fingerprint density at radius 3 is 2.82 bits per heavy atom. The Kier molecular flexibility index (Phi) is 3.19. The second-order valence-corrected chi connectivity index (χ2v) is 5.30. The summed E-state index contributed by atoms with van der Waals surface area (Å²) in [7, 11) is 0. The fourth-order valence-electron chi connectivity index (χ4n) is 1.79. The molecule has 1 N–H and O–H groups in total. The van der Waals surface area contributed by atoms with Crippen molar-refractivity contribution < 1.29 is 9.90 Å². The van der Waals surface area contributed by atoms with E-state index in [-0.39, 0.29) is 5.69 Å². The molecule has 0 spiro atoms. The molecule has 17 heavy (non-hydrogen) atoms. The maximum atomic E-state index is 11.1. The van der Waals surface area contributed by atoms with Crippen LogP contribution in [-0.4, -0.2) is 20.5 Å². The summed E-state index contributed by atoms with van der Waals surface area (Å²) >= 11 is 3.38. The molecule has 5 heteroatoms. The van der Waals surface area contributed by atoms with Gasteiger partial charge in [-0.15, -0.1) is 0 Å². The summed E-state index contributed by atoms with van der Waals surface area (Å²) in [5, 5.41) is 9.11.